The fourth-order valence-electron chi connectivity index (χ4n) is 3.07. The standard InChI is InChI=1S/C18H20FN3O4S/c1-26-16-7-6-13(12-17(16)27(20,24)25)18(23)22-10-8-21(9-11-22)15-5-3-2-4-14(15)19/h2-7,12H,8-11H2,1H3,(H2,20,24,25). The Bertz CT molecular complexity index is 957. The van der Waals surface area contributed by atoms with Gasteiger partial charge in [0.25, 0.3) is 5.91 Å². The maximum atomic E-state index is 13.9. The van der Waals surface area contributed by atoms with Crippen molar-refractivity contribution < 1.29 is 22.3 Å². The molecule has 0 aliphatic carbocycles. The van der Waals surface area contributed by atoms with Crippen LogP contribution in [0.15, 0.2) is 47.4 Å². The van der Waals surface area contributed by atoms with Crippen molar-refractivity contribution in [3.05, 3.63) is 53.8 Å². The molecule has 1 aliphatic heterocycles. The highest BCUT2D eigenvalue weighted by molar-refractivity contribution is 7.89. The molecule has 7 nitrogen and oxygen atoms in total. The average molecular weight is 393 g/mol. The van der Waals surface area contributed by atoms with E-state index < -0.39 is 10.0 Å². The van der Waals surface area contributed by atoms with E-state index in [1.807, 2.05) is 4.90 Å². The molecule has 0 atom stereocenters. The zero-order chi connectivity index (χ0) is 19.6. The smallest absolute Gasteiger partial charge is 0.254 e. The number of primary sulfonamides is 1. The van der Waals surface area contributed by atoms with Gasteiger partial charge in [-0.05, 0) is 30.3 Å². The Kier molecular flexibility index (Phi) is 5.33. The Hall–Kier alpha value is -2.65. The normalized spacial score (nSPS) is 14.9. The van der Waals surface area contributed by atoms with Crippen LogP contribution < -0.4 is 14.8 Å². The molecule has 3 rings (SSSR count). The number of piperazine rings is 1. The van der Waals surface area contributed by atoms with Gasteiger partial charge in [-0.25, -0.2) is 17.9 Å². The summed E-state index contributed by atoms with van der Waals surface area (Å²) in [5, 5.41) is 5.20. The van der Waals surface area contributed by atoms with Gasteiger partial charge in [0.1, 0.15) is 16.5 Å². The van der Waals surface area contributed by atoms with Gasteiger partial charge < -0.3 is 14.5 Å². The van der Waals surface area contributed by atoms with Crippen LogP contribution >= 0.6 is 0 Å². The minimum Gasteiger partial charge on any atom is -0.495 e. The molecule has 0 spiro atoms. The number of amides is 1. The van der Waals surface area contributed by atoms with Crippen molar-refractivity contribution in [2.24, 2.45) is 5.14 Å². The molecule has 2 N–H and O–H groups in total. The Morgan fingerprint density at radius 3 is 2.37 bits per heavy atom. The number of anilines is 1. The van der Waals surface area contributed by atoms with Crippen LogP contribution in [0.2, 0.25) is 0 Å². The predicted molar refractivity (Wildman–Crippen MR) is 98.9 cm³/mol. The second kappa shape index (κ2) is 7.53. The van der Waals surface area contributed by atoms with Gasteiger partial charge in [-0.3, -0.25) is 4.79 Å². The summed E-state index contributed by atoms with van der Waals surface area (Å²) in [6.45, 7) is 1.74. The van der Waals surface area contributed by atoms with E-state index in [9.17, 15) is 17.6 Å². The fourth-order valence-corrected chi connectivity index (χ4v) is 3.80. The summed E-state index contributed by atoms with van der Waals surface area (Å²) in [7, 11) is -2.70. The van der Waals surface area contributed by atoms with Crippen LogP contribution in [0.4, 0.5) is 10.1 Å². The zero-order valence-electron chi connectivity index (χ0n) is 14.8. The summed E-state index contributed by atoms with van der Waals surface area (Å²) < 4.78 is 42.4. The first kappa shape index (κ1) is 19.1. The number of hydrogen-bond acceptors (Lipinski definition) is 5. The number of halogens is 1. The minimum absolute atomic E-state index is 0.0819. The molecule has 27 heavy (non-hydrogen) atoms. The number of ether oxygens (including phenoxy) is 1. The Balaban J connectivity index is 1.76. The summed E-state index contributed by atoms with van der Waals surface area (Å²) in [4.78, 5) is 16.0. The van der Waals surface area contributed by atoms with Crippen LogP contribution in [0.3, 0.4) is 0 Å². The number of carbonyl (C=O) groups excluding carboxylic acids is 1. The third kappa shape index (κ3) is 4.04. The lowest BCUT2D eigenvalue weighted by Crippen LogP contribution is -2.49. The molecule has 0 radical (unpaired) electrons. The first-order valence-electron chi connectivity index (χ1n) is 8.31. The molecule has 1 saturated heterocycles. The van der Waals surface area contributed by atoms with Gasteiger partial charge in [0, 0.05) is 31.7 Å². The molecule has 2 aromatic rings. The van der Waals surface area contributed by atoms with Gasteiger partial charge in [0.2, 0.25) is 10.0 Å². The van der Waals surface area contributed by atoms with E-state index in [1.54, 1.807) is 23.1 Å². The van der Waals surface area contributed by atoms with E-state index in [0.717, 1.165) is 0 Å². The Morgan fingerprint density at radius 1 is 1.11 bits per heavy atom. The van der Waals surface area contributed by atoms with Crippen molar-refractivity contribution in [3.63, 3.8) is 0 Å². The second-order valence-electron chi connectivity index (χ2n) is 6.14. The van der Waals surface area contributed by atoms with Gasteiger partial charge in [-0.1, -0.05) is 12.1 Å². The molecule has 0 bridgehead atoms. The maximum absolute atomic E-state index is 13.9. The summed E-state index contributed by atoms with van der Waals surface area (Å²) in [5.74, 6) is -0.528. The van der Waals surface area contributed by atoms with Crippen molar-refractivity contribution in [2.45, 2.75) is 4.90 Å². The van der Waals surface area contributed by atoms with E-state index in [4.69, 9.17) is 9.88 Å². The number of sulfonamides is 1. The van der Waals surface area contributed by atoms with Gasteiger partial charge in [-0.2, -0.15) is 0 Å². The molecular weight excluding hydrogens is 373 g/mol. The molecule has 0 aromatic heterocycles. The lowest BCUT2D eigenvalue weighted by atomic mass is 10.1. The molecule has 144 valence electrons. The number of carbonyl (C=O) groups is 1. The molecule has 1 aliphatic rings. The van der Waals surface area contributed by atoms with Crippen LogP contribution in [-0.4, -0.2) is 52.5 Å². The SMILES string of the molecule is COc1ccc(C(=O)N2CCN(c3ccccc3F)CC2)cc1S(N)(=O)=O. The van der Waals surface area contributed by atoms with Gasteiger partial charge in [0.05, 0.1) is 12.8 Å². The first-order valence-corrected chi connectivity index (χ1v) is 9.85. The molecular formula is C18H20FN3O4S. The summed E-state index contributed by atoms with van der Waals surface area (Å²) >= 11 is 0. The molecule has 2 aromatic carbocycles. The van der Waals surface area contributed by atoms with Crippen molar-refractivity contribution in [1.29, 1.82) is 0 Å². The van der Waals surface area contributed by atoms with Crippen LogP contribution in [0.5, 0.6) is 5.75 Å². The number of nitrogens with two attached hydrogens (primary N) is 1. The molecule has 9 heteroatoms. The number of hydrogen-bond donors (Lipinski definition) is 1. The van der Waals surface area contributed by atoms with Crippen LogP contribution in [-0.2, 0) is 10.0 Å². The van der Waals surface area contributed by atoms with E-state index in [0.29, 0.717) is 31.9 Å². The number of nitrogens with zero attached hydrogens (tertiary/aromatic N) is 2. The van der Waals surface area contributed by atoms with Gasteiger partial charge >= 0.3 is 0 Å². The largest absolute Gasteiger partial charge is 0.495 e. The Labute approximate surface area is 157 Å². The van der Waals surface area contributed by atoms with Crippen molar-refractivity contribution in [2.75, 3.05) is 38.2 Å². The first-order chi connectivity index (χ1) is 12.8. The summed E-state index contributed by atoms with van der Waals surface area (Å²) in [6.07, 6.45) is 0. The quantitative estimate of drug-likeness (QED) is 0.849. The van der Waals surface area contributed by atoms with Crippen LogP contribution in [0.25, 0.3) is 0 Å². The maximum Gasteiger partial charge on any atom is 0.254 e. The van der Waals surface area contributed by atoms with Crippen LogP contribution in [0, 0.1) is 5.82 Å². The highest BCUT2D eigenvalue weighted by atomic mass is 32.2. The van der Waals surface area contributed by atoms with Crippen LogP contribution in [0.1, 0.15) is 10.4 Å². The molecule has 1 heterocycles. The third-order valence-electron chi connectivity index (χ3n) is 4.48. The topological polar surface area (TPSA) is 92.9 Å². The average Bonchev–Trinajstić information content (AvgIpc) is 2.67. The fraction of sp³-hybridized carbons (Fsp3) is 0.278. The molecule has 0 unspecified atom stereocenters. The highest BCUT2D eigenvalue weighted by Crippen LogP contribution is 2.25. The van der Waals surface area contributed by atoms with E-state index in [1.165, 1.54) is 31.4 Å². The minimum atomic E-state index is -4.03. The van der Waals surface area contributed by atoms with Crippen molar-refractivity contribution >= 4 is 21.6 Å². The lowest BCUT2D eigenvalue weighted by molar-refractivity contribution is 0.0746. The zero-order valence-corrected chi connectivity index (χ0v) is 15.6. The second-order valence-corrected chi connectivity index (χ2v) is 7.67. The molecule has 1 amide bonds. The van der Waals surface area contributed by atoms with E-state index in [-0.39, 0.29) is 27.9 Å². The number of benzene rings is 2. The van der Waals surface area contributed by atoms with Crippen molar-refractivity contribution in [1.82, 2.24) is 4.90 Å². The van der Waals surface area contributed by atoms with Gasteiger partial charge in [-0.15, -0.1) is 0 Å². The summed E-state index contributed by atoms with van der Waals surface area (Å²) in [6, 6.07) is 10.6. The predicted octanol–water partition coefficient (Wildman–Crippen LogP) is 1.44. The number of methoxy groups -OCH3 is 1. The monoisotopic (exact) mass is 393 g/mol. The number of para-hydroxylation sites is 1. The van der Waals surface area contributed by atoms with E-state index in [2.05, 4.69) is 0 Å². The summed E-state index contributed by atoms with van der Waals surface area (Å²) in [5.41, 5.74) is 0.713. The van der Waals surface area contributed by atoms with E-state index >= 15 is 0 Å². The molecule has 1 fully saturated rings. The molecule has 0 saturated carbocycles. The van der Waals surface area contributed by atoms with Gasteiger partial charge in [0.15, 0.2) is 0 Å². The lowest BCUT2D eigenvalue weighted by Gasteiger charge is -2.36. The highest BCUT2D eigenvalue weighted by Gasteiger charge is 2.25. The number of rotatable bonds is 4. The third-order valence-corrected chi connectivity index (χ3v) is 5.41. The van der Waals surface area contributed by atoms with Crippen molar-refractivity contribution in [3.8, 4) is 5.75 Å². The Morgan fingerprint density at radius 2 is 1.78 bits per heavy atom.